The Balaban J connectivity index is 2.30. The van der Waals surface area contributed by atoms with Gasteiger partial charge in [-0.25, -0.2) is 4.52 Å². The van der Waals surface area contributed by atoms with Crippen LogP contribution < -0.4 is 4.74 Å². The van der Waals surface area contributed by atoms with Gasteiger partial charge in [0.2, 0.25) is 0 Å². The molecule has 3 rings (SSSR count). The molecule has 0 N–H and O–H groups in total. The smallest absolute Gasteiger partial charge is 0.164 e. The number of carbonyl (C=O) groups is 1. The number of Topliss-reactive ketones (excluding diaryl/α,β-unsaturated/α-hetero) is 1. The number of aromatic nitrogens is 2. The van der Waals surface area contributed by atoms with Gasteiger partial charge in [-0.1, -0.05) is 17.7 Å². The number of nitrogens with zero attached hydrogens (tertiary/aromatic N) is 2. The van der Waals surface area contributed by atoms with Gasteiger partial charge in [0.05, 0.1) is 22.7 Å². The van der Waals surface area contributed by atoms with Crippen LogP contribution in [0, 0.1) is 0 Å². The predicted octanol–water partition coefficient (Wildman–Crippen LogP) is 4.63. The maximum Gasteiger partial charge on any atom is 0.164 e. The van der Waals surface area contributed by atoms with Crippen LogP contribution in [0.1, 0.15) is 17.3 Å². The first-order valence-electron chi connectivity index (χ1n) is 6.55. The van der Waals surface area contributed by atoms with Gasteiger partial charge in [0.1, 0.15) is 16.6 Å². The highest BCUT2D eigenvalue weighted by Crippen LogP contribution is 2.33. The number of rotatable bonds is 3. The highest BCUT2D eigenvalue weighted by Gasteiger charge is 2.19. The number of hydrogen-bond acceptors (Lipinski definition) is 3. The fraction of sp³-hybridized carbons (Fsp3) is 0.125. The predicted molar refractivity (Wildman–Crippen MR) is 89.9 cm³/mol. The van der Waals surface area contributed by atoms with Crippen molar-refractivity contribution >= 4 is 38.8 Å². The van der Waals surface area contributed by atoms with Gasteiger partial charge < -0.3 is 4.74 Å². The van der Waals surface area contributed by atoms with E-state index in [0.717, 1.165) is 15.8 Å². The van der Waals surface area contributed by atoms with E-state index >= 15 is 0 Å². The normalized spacial score (nSPS) is 10.9. The summed E-state index contributed by atoms with van der Waals surface area (Å²) in [5, 5.41) is 4.96. The molecular weight excluding hydrogens is 368 g/mol. The Morgan fingerprint density at radius 1 is 1.32 bits per heavy atom. The zero-order chi connectivity index (χ0) is 15.9. The molecule has 3 aromatic rings. The lowest BCUT2D eigenvalue weighted by molar-refractivity contribution is 0.102. The molecule has 0 aliphatic rings. The molecule has 0 saturated heterocycles. The fourth-order valence-corrected chi connectivity index (χ4v) is 3.14. The quantitative estimate of drug-likeness (QED) is 0.492. The van der Waals surface area contributed by atoms with Crippen LogP contribution in [-0.2, 0) is 0 Å². The summed E-state index contributed by atoms with van der Waals surface area (Å²) in [6.45, 7) is 1.53. The first kappa shape index (κ1) is 15.1. The monoisotopic (exact) mass is 378 g/mol. The van der Waals surface area contributed by atoms with E-state index in [1.54, 1.807) is 23.8 Å². The van der Waals surface area contributed by atoms with Crippen molar-refractivity contribution in [2.75, 3.05) is 7.11 Å². The Bertz CT molecular complexity index is 889. The number of hydrogen-bond donors (Lipinski definition) is 0. The van der Waals surface area contributed by atoms with E-state index in [0.29, 0.717) is 21.9 Å². The average molecular weight is 380 g/mol. The Kier molecular flexibility index (Phi) is 3.93. The van der Waals surface area contributed by atoms with Crippen molar-refractivity contribution in [1.29, 1.82) is 0 Å². The number of fused-ring (bicyclic) bond motifs is 1. The molecule has 0 unspecified atom stereocenters. The van der Waals surface area contributed by atoms with Crippen LogP contribution in [0.4, 0.5) is 0 Å². The first-order valence-corrected chi connectivity index (χ1v) is 7.72. The molecule has 112 valence electrons. The standard InChI is InChI=1S/C16H12BrClN2O2/c1-9(21)15-12-4-3-5-14(18)20(12)19-16(15)10-6-7-13(22-2)11(17)8-10/h3-8H,1-2H3. The van der Waals surface area contributed by atoms with Crippen LogP contribution in [0.2, 0.25) is 5.15 Å². The lowest BCUT2D eigenvalue weighted by atomic mass is 10.0. The molecule has 0 saturated carbocycles. The summed E-state index contributed by atoms with van der Waals surface area (Å²) in [6.07, 6.45) is 0. The van der Waals surface area contributed by atoms with E-state index in [2.05, 4.69) is 21.0 Å². The molecule has 2 heterocycles. The maximum atomic E-state index is 12.1. The molecule has 0 bridgehead atoms. The van der Waals surface area contributed by atoms with Gasteiger partial charge in [-0.3, -0.25) is 4.79 Å². The maximum absolute atomic E-state index is 12.1. The molecule has 22 heavy (non-hydrogen) atoms. The summed E-state index contributed by atoms with van der Waals surface area (Å²) in [4.78, 5) is 12.1. The highest BCUT2D eigenvalue weighted by molar-refractivity contribution is 9.10. The molecule has 0 amide bonds. The van der Waals surface area contributed by atoms with Gasteiger partial charge in [-0.2, -0.15) is 5.10 Å². The van der Waals surface area contributed by atoms with Crippen LogP contribution in [-0.4, -0.2) is 22.5 Å². The second kappa shape index (κ2) is 5.74. The van der Waals surface area contributed by atoms with Crippen molar-refractivity contribution in [2.45, 2.75) is 6.92 Å². The summed E-state index contributed by atoms with van der Waals surface area (Å²) in [5.41, 5.74) is 2.67. The summed E-state index contributed by atoms with van der Waals surface area (Å²) in [7, 11) is 1.60. The summed E-state index contributed by atoms with van der Waals surface area (Å²) in [5.74, 6) is 0.661. The number of ether oxygens (including phenoxy) is 1. The average Bonchev–Trinajstić information content (AvgIpc) is 2.88. The number of benzene rings is 1. The number of pyridine rings is 1. The SMILES string of the molecule is COc1ccc(-c2nn3c(Cl)cccc3c2C(C)=O)cc1Br. The van der Waals surface area contributed by atoms with Gasteiger partial charge >= 0.3 is 0 Å². The largest absolute Gasteiger partial charge is 0.496 e. The Labute approximate surface area is 140 Å². The third-order valence-electron chi connectivity index (χ3n) is 3.39. The van der Waals surface area contributed by atoms with Crippen molar-refractivity contribution < 1.29 is 9.53 Å². The van der Waals surface area contributed by atoms with E-state index in [1.165, 1.54) is 6.92 Å². The zero-order valence-electron chi connectivity index (χ0n) is 11.9. The van der Waals surface area contributed by atoms with Gasteiger partial charge in [0.25, 0.3) is 0 Å². The fourth-order valence-electron chi connectivity index (χ4n) is 2.40. The Hall–Kier alpha value is -1.85. The van der Waals surface area contributed by atoms with Crippen molar-refractivity contribution in [3.05, 3.63) is 51.6 Å². The summed E-state index contributed by atoms with van der Waals surface area (Å²) in [6, 6.07) is 10.9. The van der Waals surface area contributed by atoms with Crippen LogP contribution >= 0.6 is 27.5 Å². The minimum atomic E-state index is -0.0563. The van der Waals surface area contributed by atoms with Crippen molar-refractivity contribution in [2.24, 2.45) is 0 Å². The van der Waals surface area contributed by atoms with E-state index in [1.807, 2.05) is 24.3 Å². The molecule has 0 fully saturated rings. The summed E-state index contributed by atoms with van der Waals surface area (Å²) >= 11 is 9.63. The van der Waals surface area contributed by atoms with E-state index in [4.69, 9.17) is 16.3 Å². The van der Waals surface area contributed by atoms with Crippen molar-refractivity contribution in [1.82, 2.24) is 9.61 Å². The third kappa shape index (κ3) is 2.40. The third-order valence-corrected chi connectivity index (χ3v) is 4.29. The van der Waals surface area contributed by atoms with Crippen molar-refractivity contribution in [3.63, 3.8) is 0 Å². The van der Waals surface area contributed by atoms with E-state index in [-0.39, 0.29) is 5.78 Å². The van der Waals surface area contributed by atoms with Gasteiger partial charge in [-0.15, -0.1) is 0 Å². The molecule has 6 heteroatoms. The lowest BCUT2D eigenvalue weighted by Crippen LogP contribution is -1.94. The van der Waals surface area contributed by atoms with Crippen LogP contribution in [0.5, 0.6) is 5.75 Å². The second-order valence-electron chi connectivity index (χ2n) is 4.77. The second-order valence-corrected chi connectivity index (χ2v) is 6.02. The van der Waals surface area contributed by atoms with E-state index < -0.39 is 0 Å². The molecular formula is C16H12BrClN2O2. The lowest BCUT2D eigenvalue weighted by Gasteiger charge is -2.05. The number of methoxy groups -OCH3 is 1. The van der Waals surface area contributed by atoms with Crippen LogP contribution in [0.25, 0.3) is 16.8 Å². The molecule has 4 nitrogen and oxygen atoms in total. The minimum Gasteiger partial charge on any atom is -0.496 e. The summed E-state index contributed by atoms with van der Waals surface area (Å²) < 4.78 is 7.60. The number of ketones is 1. The van der Waals surface area contributed by atoms with E-state index in [9.17, 15) is 4.79 Å². The van der Waals surface area contributed by atoms with Crippen molar-refractivity contribution in [3.8, 4) is 17.0 Å². The number of carbonyl (C=O) groups excluding carboxylic acids is 1. The molecule has 2 aromatic heterocycles. The molecule has 1 aromatic carbocycles. The molecule has 0 atom stereocenters. The molecule has 0 aliphatic carbocycles. The Morgan fingerprint density at radius 2 is 2.09 bits per heavy atom. The molecule has 0 spiro atoms. The van der Waals surface area contributed by atoms with Gasteiger partial charge in [0.15, 0.2) is 5.78 Å². The highest BCUT2D eigenvalue weighted by atomic mass is 79.9. The Morgan fingerprint density at radius 3 is 2.73 bits per heavy atom. The van der Waals surface area contributed by atoms with Crippen LogP contribution in [0.3, 0.4) is 0 Å². The first-order chi connectivity index (χ1) is 10.5. The molecule has 0 aliphatic heterocycles. The zero-order valence-corrected chi connectivity index (χ0v) is 14.3. The van der Waals surface area contributed by atoms with Gasteiger partial charge in [0, 0.05) is 5.56 Å². The topological polar surface area (TPSA) is 43.6 Å². The van der Waals surface area contributed by atoms with Gasteiger partial charge in [-0.05, 0) is 53.2 Å². The minimum absolute atomic E-state index is 0.0563. The number of halogens is 2. The van der Waals surface area contributed by atoms with Crippen LogP contribution in [0.15, 0.2) is 40.9 Å². The molecule has 0 radical (unpaired) electrons.